The summed E-state index contributed by atoms with van der Waals surface area (Å²) in [4.78, 5) is 10.5. The van der Waals surface area contributed by atoms with Crippen molar-refractivity contribution in [1.29, 1.82) is 0 Å². The first kappa shape index (κ1) is 10.5. The molecule has 0 bridgehead atoms. The zero-order chi connectivity index (χ0) is 9.84. The van der Waals surface area contributed by atoms with Crippen LogP contribution >= 0.6 is 0 Å². The van der Waals surface area contributed by atoms with Crippen LogP contribution in [0.5, 0.6) is 0 Å². The lowest BCUT2D eigenvalue weighted by Crippen LogP contribution is -2.23. The summed E-state index contributed by atoms with van der Waals surface area (Å²) in [6.45, 7) is 4.40. The maximum Gasteiger partial charge on any atom is 0.332 e. The van der Waals surface area contributed by atoms with Crippen LogP contribution in [0.2, 0.25) is 0 Å². The van der Waals surface area contributed by atoms with Gasteiger partial charge in [-0.2, -0.15) is 0 Å². The van der Waals surface area contributed by atoms with E-state index in [4.69, 9.17) is 14.6 Å². The second kappa shape index (κ2) is 4.58. The second-order valence-corrected chi connectivity index (χ2v) is 3.54. The fourth-order valence-corrected chi connectivity index (χ4v) is 1.31. The largest absolute Gasteiger partial charge is 0.479 e. The monoisotopic (exact) mass is 188 g/mol. The molecule has 1 heterocycles. The van der Waals surface area contributed by atoms with Crippen LogP contribution < -0.4 is 0 Å². The molecule has 4 heteroatoms. The van der Waals surface area contributed by atoms with Crippen LogP contribution in [0.25, 0.3) is 0 Å². The zero-order valence-electron chi connectivity index (χ0n) is 8.03. The van der Waals surface area contributed by atoms with Gasteiger partial charge in [0.1, 0.15) is 0 Å². The molecule has 1 N–H and O–H groups in total. The van der Waals surface area contributed by atoms with Gasteiger partial charge in [0.2, 0.25) is 0 Å². The SMILES string of the molecule is CC(C)OCC1CCC(C(=O)O)O1. The van der Waals surface area contributed by atoms with Gasteiger partial charge in [0, 0.05) is 0 Å². The first-order valence-electron chi connectivity index (χ1n) is 4.59. The quantitative estimate of drug-likeness (QED) is 0.716. The van der Waals surface area contributed by atoms with E-state index in [2.05, 4.69) is 0 Å². The third-order valence-corrected chi connectivity index (χ3v) is 2.00. The summed E-state index contributed by atoms with van der Waals surface area (Å²) >= 11 is 0. The third kappa shape index (κ3) is 3.32. The highest BCUT2D eigenvalue weighted by atomic mass is 16.6. The molecule has 2 atom stereocenters. The minimum atomic E-state index is -0.868. The first-order chi connectivity index (χ1) is 6.09. The Labute approximate surface area is 77.8 Å². The lowest BCUT2D eigenvalue weighted by atomic mass is 10.2. The normalized spacial score (nSPS) is 28.2. The number of aliphatic carboxylic acids is 1. The van der Waals surface area contributed by atoms with E-state index in [9.17, 15) is 4.79 Å². The van der Waals surface area contributed by atoms with Gasteiger partial charge in [0.05, 0.1) is 18.8 Å². The molecule has 0 aromatic rings. The van der Waals surface area contributed by atoms with Crippen LogP contribution in [0.1, 0.15) is 26.7 Å². The number of carbonyl (C=O) groups is 1. The van der Waals surface area contributed by atoms with Crippen LogP contribution in [-0.4, -0.2) is 36.0 Å². The van der Waals surface area contributed by atoms with Gasteiger partial charge in [-0.25, -0.2) is 4.79 Å². The number of carboxylic acids is 1. The average molecular weight is 188 g/mol. The van der Waals surface area contributed by atoms with Crippen molar-refractivity contribution < 1.29 is 19.4 Å². The number of carboxylic acid groups (broad SMARTS) is 1. The van der Waals surface area contributed by atoms with Gasteiger partial charge in [-0.3, -0.25) is 0 Å². The molecular formula is C9H16O4. The summed E-state index contributed by atoms with van der Waals surface area (Å²) in [6, 6.07) is 0. The highest BCUT2D eigenvalue weighted by Crippen LogP contribution is 2.20. The Hall–Kier alpha value is -0.610. The van der Waals surface area contributed by atoms with E-state index in [1.807, 2.05) is 13.8 Å². The van der Waals surface area contributed by atoms with Gasteiger partial charge in [-0.15, -0.1) is 0 Å². The lowest BCUT2D eigenvalue weighted by Gasteiger charge is -2.13. The van der Waals surface area contributed by atoms with E-state index in [1.165, 1.54) is 0 Å². The summed E-state index contributed by atoms with van der Waals surface area (Å²) in [7, 11) is 0. The molecular weight excluding hydrogens is 172 g/mol. The minimum absolute atomic E-state index is 0.0384. The molecule has 76 valence electrons. The average Bonchev–Trinajstić information content (AvgIpc) is 2.48. The summed E-state index contributed by atoms with van der Waals surface area (Å²) in [5.74, 6) is -0.868. The molecule has 0 spiro atoms. The molecule has 0 aromatic heterocycles. The Morgan fingerprint density at radius 3 is 2.77 bits per heavy atom. The first-order valence-corrected chi connectivity index (χ1v) is 4.59. The van der Waals surface area contributed by atoms with Crippen LogP contribution in [-0.2, 0) is 14.3 Å². The van der Waals surface area contributed by atoms with Crippen LogP contribution in [0.4, 0.5) is 0 Å². The highest BCUT2D eigenvalue weighted by molar-refractivity contribution is 5.72. The molecule has 1 fully saturated rings. The van der Waals surface area contributed by atoms with Gasteiger partial charge in [0.25, 0.3) is 0 Å². The molecule has 1 aliphatic heterocycles. The summed E-state index contributed by atoms with van der Waals surface area (Å²) < 4.78 is 10.6. The molecule has 0 saturated carbocycles. The maximum atomic E-state index is 10.5. The molecule has 0 aliphatic carbocycles. The molecule has 0 radical (unpaired) electrons. The fourth-order valence-electron chi connectivity index (χ4n) is 1.31. The van der Waals surface area contributed by atoms with Crippen LogP contribution in [0, 0.1) is 0 Å². The Kier molecular flexibility index (Phi) is 3.69. The topological polar surface area (TPSA) is 55.8 Å². The molecule has 1 saturated heterocycles. The van der Waals surface area contributed by atoms with Gasteiger partial charge < -0.3 is 14.6 Å². The molecule has 0 amide bonds. The van der Waals surface area contributed by atoms with E-state index in [0.29, 0.717) is 13.0 Å². The van der Waals surface area contributed by atoms with E-state index in [0.717, 1.165) is 6.42 Å². The van der Waals surface area contributed by atoms with Crippen molar-refractivity contribution in [3.63, 3.8) is 0 Å². The maximum absolute atomic E-state index is 10.5. The van der Waals surface area contributed by atoms with Crippen molar-refractivity contribution in [2.45, 2.75) is 45.0 Å². The molecule has 1 aliphatic rings. The van der Waals surface area contributed by atoms with Crippen LogP contribution in [0.15, 0.2) is 0 Å². The van der Waals surface area contributed by atoms with Crippen molar-refractivity contribution in [1.82, 2.24) is 0 Å². The number of hydrogen-bond donors (Lipinski definition) is 1. The van der Waals surface area contributed by atoms with Crippen molar-refractivity contribution in [3.8, 4) is 0 Å². The molecule has 0 aromatic carbocycles. The van der Waals surface area contributed by atoms with E-state index >= 15 is 0 Å². The lowest BCUT2D eigenvalue weighted by molar-refractivity contribution is -0.150. The Bertz CT molecular complexity index is 178. The van der Waals surface area contributed by atoms with Gasteiger partial charge in [0.15, 0.2) is 6.10 Å². The Morgan fingerprint density at radius 1 is 1.62 bits per heavy atom. The Morgan fingerprint density at radius 2 is 2.31 bits per heavy atom. The van der Waals surface area contributed by atoms with Crippen LogP contribution in [0.3, 0.4) is 0 Å². The van der Waals surface area contributed by atoms with E-state index < -0.39 is 12.1 Å². The summed E-state index contributed by atoms with van der Waals surface area (Å²) in [5.41, 5.74) is 0. The molecule has 4 nitrogen and oxygen atoms in total. The summed E-state index contributed by atoms with van der Waals surface area (Å²) in [5, 5.41) is 8.64. The van der Waals surface area contributed by atoms with E-state index in [1.54, 1.807) is 0 Å². The fraction of sp³-hybridized carbons (Fsp3) is 0.889. The predicted octanol–water partition coefficient (Wildman–Crippen LogP) is 1.04. The van der Waals surface area contributed by atoms with Crippen molar-refractivity contribution >= 4 is 5.97 Å². The number of hydrogen-bond acceptors (Lipinski definition) is 3. The van der Waals surface area contributed by atoms with Crippen molar-refractivity contribution in [2.75, 3.05) is 6.61 Å². The van der Waals surface area contributed by atoms with Crippen molar-refractivity contribution in [3.05, 3.63) is 0 Å². The smallest absolute Gasteiger partial charge is 0.332 e. The highest BCUT2D eigenvalue weighted by Gasteiger charge is 2.30. The molecule has 2 unspecified atom stereocenters. The second-order valence-electron chi connectivity index (χ2n) is 3.54. The zero-order valence-corrected chi connectivity index (χ0v) is 8.03. The summed E-state index contributed by atoms with van der Waals surface area (Å²) in [6.07, 6.45) is 0.891. The standard InChI is InChI=1S/C9H16O4/c1-6(2)12-5-7-3-4-8(13-7)9(10)11/h6-8H,3-5H2,1-2H3,(H,10,11). The Balaban J connectivity index is 2.21. The molecule has 1 rings (SSSR count). The van der Waals surface area contributed by atoms with Gasteiger partial charge >= 0.3 is 5.97 Å². The minimum Gasteiger partial charge on any atom is -0.479 e. The third-order valence-electron chi connectivity index (χ3n) is 2.00. The van der Waals surface area contributed by atoms with Crippen molar-refractivity contribution in [2.24, 2.45) is 0 Å². The molecule has 13 heavy (non-hydrogen) atoms. The predicted molar refractivity (Wildman–Crippen MR) is 46.6 cm³/mol. The number of ether oxygens (including phenoxy) is 2. The van der Waals surface area contributed by atoms with Gasteiger partial charge in [-0.05, 0) is 26.7 Å². The van der Waals surface area contributed by atoms with E-state index in [-0.39, 0.29) is 12.2 Å². The number of rotatable bonds is 4. The van der Waals surface area contributed by atoms with Gasteiger partial charge in [-0.1, -0.05) is 0 Å².